The van der Waals surface area contributed by atoms with E-state index in [4.69, 9.17) is 10.5 Å². The van der Waals surface area contributed by atoms with Gasteiger partial charge in [-0.3, -0.25) is 0 Å². The first-order chi connectivity index (χ1) is 8.14. The molecule has 0 atom stereocenters. The lowest BCUT2D eigenvalue weighted by Gasteiger charge is -2.36. The molecule has 1 aliphatic carbocycles. The SMILES string of the molecule is COc1c(C2(CN)CCCCC2)c(C)nn1C. The van der Waals surface area contributed by atoms with Gasteiger partial charge in [0.15, 0.2) is 0 Å². The minimum Gasteiger partial charge on any atom is -0.481 e. The molecule has 1 heterocycles. The van der Waals surface area contributed by atoms with Crippen molar-refractivity contribution in [3.8, 4) is 5.88 Å². The third-order valence-corrected chi connectivity index (χ3v) is 4.09. The van der Waals surface area contributed by atoms with Crippen molar-refractivity contribution >= 4 is 0 Å². The van der Waals surface area contributed by atoms with Crippen molar-refractivity contribution in [3.63, 3.8) is 0 Å². The molecule has 0 spiro atoms. The highest BCUT2D eigenvalue weighted by Crippen LogP contribution is 2.43. The van der Waals surface area contributed by atoms with Gasteiger partial charge in [0.25, 0.3) is 0 Å². The van der Waals surface area contributed by atoms with Crippen molar-refractivity contribution in [2.24, 2.45) is 12.8 Å². The normalized spacial score (nSPS) is 19.3. The Morgan fingerprint density at radius 3 is 2.53 bits per heavy atom. The van der Waals surface area contributed by atoms with E-state index < -0.39 is 0 Å². The van der Waals surface area contributed by atoms with Crippen LogP contribution in [-0.4, -0.2) is 23.4 Å². The fourth-order valence-corrected chi connectivity index (χ4v) is 3.27. The van der Waals surface area contributed by atoms with Gasteiger partial charge in [-0.25, -0.2) is 4.68 Å². The lowest BCUT2D eigenvalue weighted by molar-refractivity contribution is 0.282. The van der Waals surface area contributed by atoms with E-state index in [1.807, 2.05) is 11.7 Å². The monoisotopic (exact) mass is 237 g/mol. The second-order valence-electron chi connectivity index (χ2n) is 5.14. The molecular formula is C13H23N3O. The molecule has 0 aromatic carbocycles. The van der Waals surface area contributed by atoms with Crippen molar-refractivity contribution in [2.45, 2.75) is 44.4 Å². The van der Waals surface area contributed by atoms with Crippen LogP contribution in [-0.2, 0) is 12.5 Å². The number of nitrogens with zero attached hydrogens (tertiary/aromatic N) is 2. The van der Waals surface area contributed by atoms with Gasteiger partial charge in [0, 0.05) is 24.6 Å². The molecule has 0 radical (unpaired) electrons. The van der Waals surface area contributed by atoms with Crippen molar-refractivity contribution in [2.75, 3.05) is 13.7 Å². The quantitative estimate of drug-likeness (QED) is 0.873. The molecule has 1 aromatic rings. The Hall–Kier alpha value is -1.03. The fourth-order valence-electron chi connectivity index (χ4n) is 3.27. The van der Waals surface area contributed by atoms with Crippen molar-refractivity contribution in [3.05, 3.63) is 11.3 Å². The van der Waals surface area contributed by atoms with Gasteiger partial charge in [-0.05, 0) is 19.8 Å². The smallest absolute Gasteiger partial charge is 0.215 e. The van der Waals surface area contributed by atoms with Gasteiger partial charge < -0.3 is 10.5 Å². The number of hydrogen-bond donors (Lipinski definition) is 1. The Morgan fingerprint density at radius 2 is 2.00 bits per heavy atom. The van der Waals surface area contributed by atoms with Crippen LogP contribution < -0.4 is 10.5 Å². The van der Waals surface area contributed by atoms with Crippen LogP contribution in [0, 0.1) is 6.92 Å². The molecule has 1 fully saturated rings. The molecule has 2 rings (SSSR count). The molecule has 0 aliphatic heterocycles. The highest BCUT2D eigenvalue weighted by atomic mass is 16.5. The van der Waals surface area contributed by atoms with E-state index >= 15 is 0 Å². The number of methoxy groups -OCH3 is 1. The molecule has 4 heteroatoms. The molecule has 0 amide bonds. The van der Waals surface area contributed by atoms with Crippen molar-refractivity contribution < 1.29 is 4.74 Å². The van der Waals surface area contributed by atoms with E-state index in [2.05, 4.69) is 12.0 Å². The van der Waals surface area contributed by atoms with Crippen LogP contribution in [0.1, 0.15) is 43.4 Å². The summed E-state index contributed by atoms with van der Waals surface area (Å²) >= 11 is 0. The molecule has 1 aromatic heterocycles. The van der Waals surface area contributed by atoms with Crippen LogP contribution in [0.2, 0.25) is 0 Å². The minimum atomic E-state index is 0.0853. The topological polar surface area (TPSA) is 53.1 Å². The zero-order valence-corrected chi connectivity index (χ0v) is 11.1. The highest BCUT2D eigenvalue weighted by molar-refractivity contribution is 5.39. The molecule has 4 nitrogen and oxygen atoms in total. The zero-order valence-electron chi connectivity index (χ0n) is 11.1. The number of hydrogen-bond acceptors (Lipinski definition) is 3. The van der Waals surface area contributed by atoms with E-state index in [1.54, 1.807) is 7.11 Å². The van der Waals surface area contributed by atoms with E-state index in [1.165, 1.54) is 24.8 Å². The van der Waals surface area contributed by atoms with Crippen molar-refractivity contribution in [1.29, 1.82) is 0 Å². The third kappa shape index (κ3) is 1.95. The van der Waals surface area contributed by atoms with Crippen molar-refractivity contribution in [1.82, 2.24) is 9.78 Å². The molecule has 2 N–H and O–H groups in total. The second-order valence-corrected chi connectivity index (χ2v) is 5.14. The molecular weight excluding hydrogens is 214 g/mol. The molecule has 0 bridgehead atoms. The summed E-state index contributed by atoms with van der Waals surface area (Å²) in [4.78, 5) is 0. The van der Waals surface area contributed by atoms with E-state index in [-0.39, 0.29) is 5.41 Å². The lowest BCUT2D eigenvalue weighted by Crippen LogP contribution is -2.37. The Kier molecular flexibility index (Phi) is 3.43. The largest absolute Gasteiger partial charge is 0.481 e. The number of rotatable bonds is 3. The van der Waals surface area contributed by atoms with Gasteiger partial charge in [-0.15, -0.1) is 0 Å². The second kappa shape index (κ2) is 4.69. The summed E-state index contributed by atoms with van der Waals surface area (Å²) in [6.45, 7) is 2.75. The lowest BCUT2D eigenvalue weighted by atomic mass is 9.69. The molecule has 96 valence electrons. The molecule has 1 saturated carbocycles. The van der Waals surface area contributed by atoms with Crippen LogP contribution >= 0.6 is 0 Å². The predicted octanol–water partition coefficient (Wildman–Crippen LogP) is 1.90. The number of aryl methyl sites for hydroxylation is 2. The van der Waals surface area contributed by atoms with Gasteiger partial charge >= 0.3 is 0 Å². The Balaban J connectivity index is 2.49. The zero-order chi connectivity index (χ0) is 12.5. The summed E-state index contributed by atoms with van der Waals surface area (Å²) in [6.07, 6.45) is 6.16. The number of aromatic nitrogens is 2. The Labute approximate surface area is 103 Å². The van der Waals surface area contributed by atoms with Gasteiger partial charge in [-0.1, -0.05) is 19.3 Å². The first-order valence-corrected chi connectivity index (χ1v) is 6.43. The van der Waals surface area contributed by atoms with E-state index in [9.17, 15) is 0 Å². The van der Waals surface area contributed by atoms with E-state index in [0.717, 1.165) is 24.4 Å². The van der Waals surface area contributed by atoms with Crippen LogP contribution in [0.25, 0.3) is 0 Å². The first-order valence-electron chi connectivity index (χ1n) is 6.43. The maximum Gasteiger partial charge on any atom is 0.215 e. The first kappa shape index (κ1) is 12.4. The van der Waals surface area contributed by atoms with Crippen LogP contribution in [0.5, 0.6) is 5.88 Å². The van der Waals surface area contributed by atoms with Crippen LogP contribution in [0.3, 0.4) is 0 Å². The summed E-state index contributed by atoms with van der Waals surface area (Å²) in [5.41, 5.74) is 8.47. The average molecular weight is 237 g/mol. The van der Waals surface area contributed by atoms with Gasteiger partial charge in [0.1, 0.15) is 0 Å². The summed E-state index contributed by atoms with van der Waals surface area (Å²) in [6, 6.07) is 0. The summed E-state index contributed by atoms with van der Waals surface area (Å²) in [5.74, 6) is 0.884. The third-order valence-electron chi connectivity index (χ3n) is 4.09. The number of nitrogens with two attached hydrogens (primary N) is 1. The standard InChI is InChI=1S/C13H23N3O/c1-10-11(12(17-3)16(2)15-10)13(9-14)7-5-4-6-8-13/h4-9,14H2,1-3H3. The number of ether oxygens (including phenoxy) is 1. The minimum absolute atomic E-state index is 0.0853. The molecule has 0 unspecified atom stereocenters. The van der Waals surface area contributed by atoms with Crippen LogP contribution in [0.4, 0.5) is 0 Å². The van der Waals surface area contributed by atoms with Gasteiger partial charge in [0.05, 0.1) is 12.8 Å². The maximum atomic E-state index is 6.08. The average Bonchev–Trinajstić information content (AvgIpc) is 2.64. The fraction of sp³-hybridized carbons (Fsp3) is 0.769. The Bertz CT molecular complexity index is 392. The summed E-state index contributed by atoms with van der Waals surface area (Å²) in [5, 5.41) is 4.49. The predicted molar refractivity (Wildman–Crippen MR) is 68.3 cm³/mol. The molecule has 0 saturated heterocycles. The maximum absolute atomic E-state index is 6.08. The van der Waals surface area contributed by atoms with Gasteiger partial charge in [0.2, 0.25) is 5.88 Å². The van der Waals surface area contributed by atoms with E-state index in [0.29, 0.717) is 6.54 Å². The summed E-state index contributed by atoms with van der Waals surface area (Å²) in [7, 11) is 3.65. The Morgan fingerprint density at radius 1 is 1.35 bits per heavy atom. The van der Waals surface area contributed by atoms with Gasteiger partial charge in [-0.2, -0.15) is 5.10 Å². The highest BCUT2D eigenvalue weighted by Gasteiger charge is 2.38. The molecule has 1 aliphatic rings. The van der Waals surface area contributed by atoms with Crippen LogP contribution in [0.15, 0.2) is 0 Å². The molecule has 17 heavy (non-hydrogen) atoms. The summed E-state index contributed by atoms with van der Waals surface area (Å²) < 4.78 is 7.35.